The topological polar surface area (TPSA) is 29.5 Å². The van der Waals surface area contributed by atoms with Gasteiger partial charge in [-0.2, -0.15) is 0 Å². The van der Waals surface area contributed by atoms with Crippen LogP contribution in [0.5, 0.6) is 11.5 Å². The molecule has 0 bridgehead atoms. The second kappa shape index (κ2) is 5.41. The Morgan fingerprint density at radius 3 is 2.37 bits per heavy atom. The number of aliphatic hydroxyl groups excluding tert-OH is 1. The number of hydrogen-bond acceptors (Lipinski definition) is 2. The largest absolute Gasteiger partial charge is 0.454 e. The van der Waals surface area contributed by atoms with Gasteiger partial charge in [-0.1, -0.05) is 18.2 Å². The fourth-order valence-corrected chi connectivity index (χ4v) is 1.92. The maximum Gasteiger partial charge on any atom is 0.166 e. The molecule has 0 aliphatic heterocycles. The number of hydrogen-bond donors (Lipinski definition) is 1. The van der Waals surface area contributed by atoms with E-state index in [4.69, 9.17) is 9.84 Å². The first kappa shape index (κ1) is 13.6. The zero-order chi connectivity index (χ0) is 14.0. The highest BCUT2D eigenvalue weighted by atomic mass is 19.1. The summed E-state index contributed by atoms with van der Waals surface area (Å²) in [6.45, 7) is 5.70. The van der Waals surface area contributed by atoms with Crippen molar-refractivity contribution >= 4 is 0 Å². The minimum Gasteiger partial charge on any atom is -0.454 e. The first-order valence-electron chi connectivity index (χ1n) is 6.17. The average molecular weight is 260 g/mol. The van der Waals surface area contributed by atoms with Crippen molar-refractivity contribution in [2.45, 2.75) is 27.4 Å². The van der Waals surface area contributed by atoms with E-state index in [1.54, 1.807) is 12.1 Å². The van der Waals surface area contributed by atoms with Gasteiger partial charge < -0.3 is 9.84 Å². The molecule has 0 spiro atoms. The monoisotopic (exact) mass is 260 g/mol. The molecule has 2 nitrogen and oxygen atoms in total. The van der Waals surface area contributed by atoms with Gasteiger partial charge >= 0.3 is 0 Å². The lowest BCUT2D eigenvalue weighted by Crippen LogP contribution is -1.96. The van der Waals surface area contributed by atoms with Crippen LogP contribution in [0.2, 0.25) is 0 Å². The first-order chi connectivity index (χ1) is 9.02. The molecule has 0 aliphatic carbocycles. The van der Waals surface area contributed by atoms with E-state index in [2.05, 4.69) is 0 Å². The van der Waals surface area contributed by atoms with Crippen molar-refractivity contribution in [2.75, 3.05) is 0 Å². The van der Waals surface area contributed by atoms with E-state index in [1.807, 2.05) is 32.9 Å². The van der Waals surface area contributed by atoms with E-state index in [-0.39, 0.29) is 12.4 Å². The summed E-state index contributed by atoms with van der Waals surface area (Å²) in [5, 5.41) is 8.96. The van der Waals surface area contributed by atoms with Crippen molar-refractivity contribution in [2.24, 2.45) is 0 Å². The van der Waals surface area contributed by atoms with E-state index >= 15 is 0 Å². The van der Waals surface area contributed by atoms with Gasteiger partial charge in [0.1, 0.15) is 5.75 Å². The maximum atomic E-state index is 13.9. The molecule has 3 heteroatoms. The van der Waals surface area contributed by atoms with E-state index < -0.39 is 5.82 Å². The lowest BCUT2D eigenvalue weighted by atomic mass is 10.1. The molecule has 0 aromatic heterocycles. The summed E-state index contributed by atoms with van der Waals surface area (Å²) in [7, 11) is 0. The fraction of sp³-hybridized carbons (Fsp3) is 0.250. The Balaban J connectivity index is 2.39. The fourth-order valence-electron chi connectivity index (χ4n) is 1.92. The number of benzene rings is 2. The van der Waals surface area contributed by atoms with Crippen LogP contribution in [-0.4, -0.2) is 5.11 Å². The van der Waals surface area contributed by atoms with Gasteiger partial charge in [0.2, 0.25) is 0 Å². The number of ether oxygens (including phenoxy) is 1. The zero-order valence-corrected chi connectivity index (χ0v) is 11.3. The van der Waals surface area contributed by atoms with E-state index in [0.29, 0.717) is 11.3 Å². The second-order valence-electron chi connectivity index (χ2n) is 4.68. The van der Waals surface area contributed by atoms with E-state index in [0.717, 1.165) is 16.7 Å². The van der Waals surface area contributed by atoms with Crippen molar-refractivity contribution in [3.05, 3.63) is 58.4 Å². The third-order valence-electron chi connectivity index (χ3n) is 3.26. The molecule has 0 atom stereocenters. The molecule has 0 amide bonds. The molecule has 0 unspecified atom stereocenters. The maximum absolute atomic E-state index is 13.9. The lowest BCUT2D eigenvalue weighted by Gasteiger charge is -2.14. The molecule has 0 saturated carbocycles. The third kappa shape index (κ3) is 2.76. The normalized spacial score (nSPS) is 10.6. The van der Waals surface area contributed by atoms with Crippen molar-refractivity contribution in [3.8, 4) is 11.5 Å². The van der Waals surface area contributed by atoms with Gasteiger partial charge in [0.25, 0.3) is 0 Å². The molecule has 2 rings (SSSR count). The van der Waals surface area contributed by atoms with Crippen LogP contribution in [0.3, 0.4) is 0 Å². The van der Waals surface area contributed by atoms with Crippen LogP contribution < -0.4 is 4.74 Å². The molecule has 0 radical (unpaired) electrons. The van der Waals surface area contributed by atoms with Crippen molar-refractivity contribution in [1.29, 1.82) is 0 Å². The van der Waals surface area contributed by atoms with Crippen LogP contribution in [0.1, 0.15) is 22.3 Å². The number of aryl methyl sites for hydroxylation is 2. The smallest absolute Gasteiger partial charge is 0.166 e. The quantitative estimate of drug-likeness (QED) is 0.902. The van der Waals surface area contributed by atoms with Gasteiger partial charge in [-0.25, -0.2) is 4.39 Å². The molecule has 0 saturated heterocycles. The summed E-state index contributed by atoms with van der Waals surface area (Å²) < 4.78 is 19.5. The molecule has 2 aromatic rings. The van der Waals surface area contributed by atoms with Crippen LogP contribution in [0.4, 0.5) is 4.39 Å². The molecule has 19 heavy (non-hydrogen) atoms. The van der Waals surface area contributed by atoms with Gasteiger partial charge in [-0.3, -0.25) is 0 Å². The minimum atomic E-state index is -0.466. The summed E-state index contributed by atoms with van der Waals surface area (Å²) >= 11 is 0. The van der Waals surface area contributed by atoms with Gasteiger partial charge in [-0.15, -0.1) is 0 Å². The Bertz CT molecular complexity index is 606. The van der Waals surface area contributed by atoms with Crippen molar-refractivity contribution in [1.82, 2.24) is 0 Å². The Morgan fingerprint density at radius 2 is 1.74 bits per heavy atom. The average Bonchev–Trinajstić information content (AvgIpc) is 2.40. The summed E-state index contributed by atoms with van der Waals surface area (Å²) in [6.07, 6.45) is 0. The standard InChI is InChI=1S/C16H17FO2/c1-10-4-5-11(2)16(12(10)3)19-15-7-6-13(9-18)8-14(15)17/h4-8,18H,9H2,1-3H3. The second-order valence-corrected chi connectivity index (χ2v) is 4.68. The molecular weight excluding hydrogens is 243 g/mol. The molecule has 100 valence electrons. The highest BCUT2D eigenvalue weighted by Crippen LogP contribution is 2.32. The summed E-state index contributed by atoms with van der Waals surface area (Å²) in [5.41, 5.74) is 3.61. The summed E-state index contributed by atoms with van der Waals surface area (Å²) in [6, 6.07) is 8.46. The predicted molar refractivity (Wildman–Crippen MR) is 73.0 cm³/mol. The first-order valence-corrected chi connectivity index (χ1v) is 6.17. The SMILES string of the molecule is Cc1ccc(C)c(Oc2ccc(CO)cc2F)c1C. The molecule has 0 fully saturated rings. The van der Waals surface area contributed by atoms with Crippen molar-refractivity contribution < 1.29 is 14.2 Å². The highest BCUT2D eigenvalue weighted by molar-refractivity contribution is 5.47. The molecule has 0 heterocycles. The van der Waals surface area contributed by atoms with Crippen LogP contribution in [-0.2, 0) is 6.61 Å². The van der Waals surface area contributed by atoms with E-state index in [1.165, 1.54) is 6.07 Å². The summed E-state index contributed by atoms with van der Waals surface area (Å²) in [4.78, 5) is 0. The van der Waals surface area contributed by atoms with E-state index in [9.17, 15) is 4.39 Å². The Kier molecular flexibility index (Phi) is 3.86. The number of rotatable bonds is 3. The Morgan fingerprint density at radius 1 is 1.05 bits per heavy atom. The van der Waals surface area contributed by atoms with Gasteiger partial charge in [-0.05, 0) is 55.2 Å². The van der Waals surface area contributed by atoms with Gasteiger partial charge in [0.05, 0.1) is 6.61 Å². The third-order valence-corrected chi connectivity index (χ3v) is 3.26. The lowest BCUT2D eigenvalue weighted by molar-refractivity contribution is 0.281. The van der Waals surface area contributed by atoms with Crippen LogP contribution in [0.25, 0.3) is 0 Å². The Hall–Kier alpha value is -1.87. The highest BCUT2D eigenvalue weighted by Gasteiger charge is 2.11. The molecular formula is C16H17FO2. The van der Waals surface area contributed by atoms with Crippen molar-refractivity contribution in [3.63, 3.8) is 0 Å². The zero-order valence-electron chi connectivity index (χ0n) is 11.3. The number of aliphatic hydroxyl groups is 1. The van der Waals surface area contributed by atoms with Crippen LogP contribution in [0.15, 0.2) is 30.3 Å². The molecule has 2 aromatic carbocycles. The van der Waals surface area contributed by atoms with Gasteiger partial charge in [0, 0.05) is 0 Å². The number of halogens is 1. The predicted octanol–water partition coefficient (Wildman–Crippen LogP) is 4.04. The summed E-state index contributed by atoms with van der Waals surface area (Å²) in [5.74, 6) is 0.400. The van der Waals surface area contributed by atoms with Crippen LogP contribution in [0, 0.1) is 26.6 Å². The Labute approximate surface area is 112 Å². The van der Waals surface area contributed by atoms with Crippen LogP contribution >= 0.6 is 0 Å². The van der Waals surface area contributed by atoms with Gasteiger partial charge in [0.15, 0.2) is 11.6 Å². The molecule has 0 aliphatic rings. The molecule has 1 N–H and O–H groups in total. The minimum absolute atomic E-state index is 0.175.